The van der Waals surface area contributed by atoms with Gasteiger partial charge in [-0.2, -0.15) is 0 Å². The molecule has 0 aromatic carbocycles. The summed E-state index contributed by atoms with van der Waals surface area (Å²) >= 11 is 0. The highest BCUT2D eigenvalue weighted by Crippen LogP contribution is 2.69. The predicted molar refractivity (Wildman–Crippen MR) is 108 cm³/mol. The third-order valence-corrected chi connectivity index (χ3v) is 11.0. The molecule has 0 saturated heterocycles. The van der Waals surface area contributed by atoms with Gasteiger partial charge in [0.15, 0.2) is 0 Å². The van der Waals surface area contributed by atoms with Gasteiger partial charge in [-0.3, -0.25) is 0 Å². The van der Waals surface area contributed by atoms with Crippen molar-refractivity contribution in [1.82, 2.24) is 0 Å². The molecule has 0 spiro atoms. The monoisotopic (exact) mass is 372 g/mol. The summed E-state index contributed by atoms with van der Waals surface area (Å²) in [4.78, 5) is 11.5. The second-order valence-corrected chi connectivity index (χ2v) is 12.0. The summed E-state index contributed by atoms with van der Waals surface area (Å²) in [5, 5.41) is 11.2. The quantitative estimate of drug-likeness (QED) is 0.653. The minimum atomic E-state index is -0.321. The lowest BCUT2D eigenvalue weighted by Crippen LogP contribution is -2.56. The maximum absolute atomic E-state index is 11.5. The van der Waals surface area contributed by atoms with Crippen LogP contribution in [-0.4, -0.2) is 17.0 Å². The molecule has 9 atom stereocenters. The lowest BCUT2D eigenvalue weighted by atomic mass is 9.43. The van der Waals surface area contributed by atoms with Gasteiger partial charge in [-0.15, -0.1) is 0 Å². The Kier molecular flexibility index (Phi) is 4.19. The van der Waals surface area contributed by atoms with Crippen molar-refractivity contribution in [3.8, 4) is 0 Å². The van der Waals surface area contributed by atoms with Crippen molar-refractivity contribution >= 4 is 6.29 Å². The summed E-state index contributed by atoms with van der Waals surface area (Å²) in [5.74, 6) is 4.78. The number of hydrogen-bond acceptors (Lipinski definition) is 2. The molecule has 0 bridgehead atoms. The summed E-state index contributed by atoms with van der Waals surface area (Å²) in [7, 11) is 0. The van der Waals surface area contributed by atoms with E-state index in [1.165, 1.54) is 64.1 Å². The molecule has 2 heteroatoms. The topological polar surface area (TPSA) is 37.3 Å². The van der Waals surface area contributed by atoms with Gasteiger partial charge in [0.1, 0.15) is 6.29 Å². The molecule has 0 radical (unpaired) electrons. The van der Waals surface area contributed by atoms with E-state index in [1.54, 1.807) is 0 Å². The van der Waals surface area contributed by atoms with Crippen LogP contribution < -0.4 is 0 Å². The van der Waals surface area contributed by atoms with Gasteiger partial charge in [-0.05, 0) is 117 Å². The van der Waals surface area contributed by atoms with Gasteiger partial charge >= 0.3 is 0 Å². The number of rotatable bonds is 3. The average Bonchev–Trinajstić information content (AvgIpc) is 3.44. The first-order valence-electron chi connectivity index (χ1n) is 12.0. The molecule has 27 heavy (non-hydrogen) atoms. The third kappa shape index (κ3) is 2.57. The molecule has 0 amide bonds. The van der Waals surface area contributed by atoms with Crippen molar-refractivity contribution in [3.05, 3.63) is 0 Å². The van der Waals surface area contributed by atoms with Crippen LogP contribution in [0.2, 0.25) is 0 Å². The molecule has 0 aliphatic heterocycles. The molecule has 5 aliphatic carbocycles. The Labute approximate surface area is 165 Å². The van der Waals surface area contributed by atoms with Crippen molar-refractivity contribution in [2.24, 2.45) is 52.3 Å². The average molecular weight is 373 g/mol. The molecule has 0 aromatic heterocycles. The molecule has 5 fully saturated rings. The van der Waals surface area contributed by atoms with Gasteiger partial charge in [-0.1, -0.05) is 20.8 Å². The molecule has 5 saturated carbocycles. The smallest absolute Gasteiger partial charge is 0.123 e. The highest BCUT2D eigenvalue weighted by molar-refractivity contribution is 5.53. The summed E-state index contributed by atoms with van der Waals surface area (Å²) in [6, 6.07) is 0. The Morgan fingerprint density at radius 3 is 2.26 bits per heavy atom. The predicted octanol–water partition coefficient (Wildman–Crippen LogP) is 5.62. The van der Waals surface area contributed by atoms with Crippen LogP contribution in [0.5, 0.6) is 0 Å². The van der Waals surface area contributed by atoms with E-state index in [-0.39, 0.29) is 11.5 Å². The summed E-state index contributed by atoms with van der Waals surface area (Å²) < 4.78 is 0. The van der Waals surface area contributed by atoms with E-state index in [2.05, 4.69) is 20.8 Å². The highest BCUT2D eigenvalue weighted by Gasteiger charge is 2.62. The molecule has 152 valence electrons. The van der Waals surface area contributed by atoms with E-state index >= 15 is 0 Å². The molecular formula is C25H40O2. The molecule has 0 aromatic rings. The first kappa shape index (κ1) is 18.6. The molecule has 0 unspecified atom stereocenters. The Morgan fingerprint density at radius 2 is 1.56 bits per heavy atom. The van der Waals surface area contributed by atoms with Gasteiger partial charge in [0.05, 0.1) is 5.60 Å². The van der Waals surface area contributed by atoms with Crippen molar-refractivity contribution in [3.63, 3.8) is 0 Å². The molecular weight excluding hydrogens is 332 g/mol. The number of hydrogen-bond donors (Lipinski definition) is 1. The lowest BCUT2D eigenvalue weighted by Gasteiger charge is -2.62. The van der Waals surface area contributed by atoms with Crippen LogP contribution in [0.3, 0.4) is 0 Å². The SMILES string of the molecule is C[C@H](C=O)[C@H]1CC[C@H]2[C@@H]3CC[C@@H]4C[C@@](O)(C5CC5)CC[C@]4(C)[C@H]3CC[C@]12C. The zero-order valence-corrected chi connectivity index (χ0v) is 17.8. The van der Waals surface area contributed by atoms with Crippen LogP contribution in [0.15, 0.2) is 0 Å². The van der Waals surface area contributed by atoms with Crippen LogP contribution in [0, 0.1) is 52.3 Å². The number of fused-ring (bicyclic) bond motifs is 5. The Morgan fingerprint density at radius 1 is 0.852 bits per heavy atom. The van der Waals surface area contributed by atoms with Gasteiger partial charge in [0, 0.05) is 5.92 Å². The molecule has 0 heterocycles. The van der Waals surface area contributed by atoms with E-state index in [4.69, 9.17) is 0 Å². The van der Waals surface area contributed by atoms with E-state index < -0.39 is 0 Å². The second-order valence-electron chi connectivity index (χ2n) is 12.0. The van der Waals surface area contributed by atoms with Crippen molar-refractivity contribution in [2.75, 3.05) is 0 Å². The van der Waals surface area contributed by atoms with Crippen LogP contribution >= 0.6 is 0 Å². The number of aliphatic hydroxyl groups is 1. The Balaban J connectivity index is 1.38. The fraction of sp³-hybridized carbons (Fsp3) is 0.960. The van der Waals surface area contributed by atoms with Gasteiger partial charge in [0.25, 0.3) is 0 Å². The number of carbonyl (C=O) groups is 1. The van der Waals surface area contributed by atoms with Gasteiger partial charge in [0.2, 0.25) is 0 Å². The van der Waals surface area contributed by atoms with Crippen LogP contribution in [-0.2, 0) is 4.79 Å². The highest BCUT2D eigenvalue weighted by atomic mass is 16.3. The normalized spacial score (nSPS) is 55.9. The first-order valence-corrected chi connectivity index (χ1v) is 12.0. The first-order chi connectivity index (χ1) is 12.8. The van der Waals surface area contributed by atoms with E-state index in [1.807, 2.05) is 0 Å². The van der Waals surface area contributed by atoms with Crippen molar-refractivity contribution < 1.29 is 9.90 Å². The second kappa shape index (κ2) is 6.07. The molecule has 5 rings (SSSR count). The van der Waals surface area contributed by atoms with Crippen LogP contribution in [0.4, 0.5) is 0 Å². The van der Waals surface area contributed by atoms with E-state index in [0.717, 1.165) is 36.5 Å². The third-order valence-electron chi connectivity index (χ3n) is 11.0. The largest absolute Gasteiger partial charge is 0.390 e. The molecule has 5 aliphatic rings. The standard InChI is InChI=1S/C25H40O2/c1-16(15-26)20-8-9-21-19-7-6-18-14-25(27,17-4-5-17)13-12-23(18,2)22(19)10-11-24(20,21)3/h15-22,27H,4-14H2,1-3H3/t16-,18-,19+,20-,21+,22+,23+,24-,25-/m1/s1. The minimum absolute atomic E-state index is 0.228. The fourth-order valence-electron chi connectivity index (χ4n) is 9.26. The van der Waals surface area contributed by atoms with Crippen LogP contribution in [0.1, 0.15) is 91.4 Å². The maximum atomic E-state index is 11.5. The molecule has 1 N–H and O–H groups in total. The Hall–Kier alpha value is -0.370. The summed E-state index contributed by atoms with van der Waals surface area (Å²) in [5.41, 5.74) is 0.534. The zero-order chi connectivity index (χ0) is 19.0. The van der Waals surface area contributed by atoms with Gasteiger partial charge < -0.3 is 9.90 Å². The van der Waals surface area contributed by atoms with Gasteiger partial charge in [-0.25, -0.2) is 0 Å². The minimum Gasteiger partial charge on any atom is -0.390 e. The lowest BCUT2D eigenvalue weighted by molar-refractivity contribution is -0.157. The Bertz CT molecular complexity index is 611. The summed E-state index contributed by atoms with van der Waals surface area (Å²) in [6.45, 7) is 7.30. The number of carbonyl (C=O) groups excluding carboxylic acids is 1. The van der Waals surface area contributed by atoms with E-state index in [9.17, 15) is 9.90 Å². The fourth-order valence-corrected chi connectivity index (χ4v) is 9.26. The zero-order valence-electron chi connectivity index (χ0n) is 17.8. The van der Waals surface area contributed by atoms with Crippen molar-refractivity contribution in [2.45, 2.75) is 97.0 Å². The molecule has 2 nitrogen and oxygen atoms in total. The number of aldehydes is 1. The maximum Gasteiger partial charge on any atom is 0.123 e. The van der Waals surface area contributed by atoms with E-state index in [0.29, 0.717) is 22.7 Å². The summed E-state index contributed by atoms with van der Waals surface area (Å²) in [6.07, 6.45) is 15.2. The van der Waals surface area contributed by atoms with Crippen LogP contribution in [0.25, 0.3) is 0 Å². The van der Waals surface area contributed by atoms with Crippen molar-refractivity contribution in [1.29, 1.82) is 0 Å².